The minimum absolute atomic E-state index is 0.234. The molecule has 0 heterocycles. The number of hydrogen-bond acceptors (Lipinski definition) is 3. The highest BCUT2D eigenvalue weighted by atomic mass is 35.5. The summed E-state index contributed by atoms with van der Waals surface area (Å²) in [6.07, 6.45) is -2.59. The average Bonchev–Trinajstić information content (AvgIpc) is 2.46. The lowest BCUT2D eigenvalue weighted by Crippen LogP contribution is -2.04. The molecule has 0 unspecified atom stereocenters. The van der Waals surface area contributed by atoms with Gasteiger partial charge in [0.2, 0.25) is 0 Å². The van der Waals surface area contributed by atoms with Gasteiger partial charge in [0.25, 0.3) is 5.24 Å². The van der Waals surface area contributed by atoms with Crippen LogP contribution in [0.2, 0.25) is 0 Å². The smallest absolute Gasteiger partial charge is 0.416 e. The van der Waals surface area contributed by atoms with Gasteiger partial charge < -0.3 is 4.74 Å². The van der Waals surface area contributed by atoms with E-state index >= 15 is 0 Å². The van der Waals surface area contributed by atoms with Gasteiger partial charge in [0.05, 0.1) is 11.1 Å². The maximum absolute atomic E-state index is 12.5. The number of hydrogen-bond donors (Lipinski definition) is 0. The van der Waals surface area contributed by atoms with Crippen molar-refractivity contribution in [2.45, 2.75) is 11.1 Å². The zero-order valence-electron chi connectivity index (χ0n) is 11.3. The summed E-state index contributed by atoms with van der Waals surface area (Å²) in [5.74, 6) is 0.555. The van der Waals surface area contributed by atoms with Crippen LogP contribution < -0.4 is 4.74 Å². The Bertz CT molecular complexity index is 684. The largest absolute Gasteiger partial charge is 0.457 e. The molecule has 0 aromatic heterocycles. The van der Waals surface area contributed by atoms with Gasteiger partial charge in [-0.15, -0.1) is 11.8 Å². The van der Waals surface area contributed by atoms with E-state index in [1.807, 2.05) is 0 Å². The predicted molar refractivity (Wildman–Crippen MR) is 79.9 cm³/mol. The number of benzene rings is 2. The SMILES string of the molecule is CSc1ccc(Oc2ccc(C(F)(F)F)cc2)cc1C(=O)Cl. The molecule has 0 saturated carbocycles. The molecule has 2 aromatic carbocycles. The van der Waals surface area contributed by atoms with Crippen molar-refractivity contribution >= 4 is 28.6 Å². The summed E-state index contributed by atoms with van der Waals surface area (Å²) < 4.78 is 42.9. The van der Waals surface area contributed by atoms with Gasteiger partial charge in [-0.05, 0) is 60.3 Å². The normalized spacial score (nSPS) is 11.3. The van der Waals surface area contributed by atoms with Gasteiger partial charge in [0.1, 0.15) is 11.5 Å². The van der Waals surface area contributed by atoms with Crippen LogP contribution >= 0.6 is 23.4 Å². The second-order valence-electron chi connectivity index (χ2n) is 4.26. The van der Waals surface area contributed by atoms with Crippen LogP contribution in [0.15, 0.2) is 47.4 Å². The van der Waals surface area contributed by atoms with Gasteiger partial charge in [0.15, 0.2) is 0 Å². The summed E-state index contributed by atoms with van der Waals surface area (Å²) in [6.45, 7) is 0. The molecule has 116 valence electrons. The Morgan fingerprint density at radius 3 is 2.18 bits per heavy atom. The molecule has 0 saturated heterocycles. The summed E-state index contributed by atoms with van der Waals surface area (Å²) in [5, 5.41) is -0.623. The summed E-state index contributed by atoms with van der Waals surface area (Å²) in [7, 11) is 0. The number of alkyl halides is 3. The van der Waals surface area contributed by atoms with E-state index < -0.39 is 17.0 Å². The molecule has 0 bridgehead atoms. The van der Waals surface area contributed by atoms with Crippen LogP contribution in [0.5, 0.6) is 11.5 Å². The van der Waals surface area contributed by atoms with Crippen molar-refractivity contribution in [2.24, 2.45) is 0 Å². The van der Waals surface area contributed by atoms with Crippen LogP contribution in [-0.4, -0.2) is 11.5 Å². The molecule has 0 fully saturated rings. The standard InChI is InChI=1S/C15H10ClF3O2S/c1-22-13-7-6-11(8-12(13)14(16)20)21-10-4-2-9(3-5-10)15(17,18)19/h2-8H,1H3. The van der Waals surface area contributed by atoms with Crippen molar-refractivity contribution in [3.05, 3.63) is 53.6 Å². The van der Waals surface area contributed by atoms with Crippen LogP contribution in [0.25, 0.3) is 0 Å². The highest BCUT2D eigenvalue weighted by Gasteiger charge is 2.30. The molecule has 0 radical (unpaired) electrons. The van der Waals surface area contributed by atoms with Crippen molar-refractivity contribution < 1.29 is 22.7 Å². The summed E-state index contributed by atoms with van der Waals surface area (Å²) in [6, 6.07) is 9.03. The first kappa shape index (κ1) is 16.7. The Balaban J connectivity index is 2.24. The van der Waals surface area contributed by atoms with Crippen LogP contribution in [0.3, 0.4) is 0 Å². The third-order valence-corrected chi connectivity index (χ3v) is 3.80. The molecule has 0 aliphatic heterocycles. The lowest BCUT2D eigenvalue weighted by Gasteiger charge is -2.10. The van der Waals surface area contributed by atoms with E-state index in [4.69, 9.17) is 16.3 Å². The summed E-state index contributed by atoms with van der Waals surface area (Å²) >= 11 is 6.86. The lowest BCUT2D eigenvalue weighted by atomic mass is 10.2. The first-order valence-electron chi connectivity index (χ1n) is 6.04. The Kier molecular flexibility index (Phi) is 5.03. The summed E-state index contributed by atoms with van der Waals surface area (Å²) in [4.78, 5) is 12.1. The molecule has 2 nitrogen and oxygen atoms in total. The number of thioether (sulfide) groups is 1. The van der Waals surface area contributed by atoms with E-state index in [9.17, 15) is 18.0 Å². The van der Waals surface area contributed by atoms with Crippen LogP contribution in [0, 0.1) is 0 Å². The van der Waals surface area contributed by atoms with E-state index in [1.165, 1.54) is 30.0 Å². The molecule has 22 heavy (non-hydrogen) atoms. The minimum Gasteiger partial charge on any atom is -0.457 e. The van der Waals surface area contributed by atoms with Gasteiger partial charge in [-0.3, -0.25) is 4.79 Å². The van der Waals surface area contributed by atoms with Crippen molar-refractivity contribution in [3.63, 3.8) is 0 Å². The maximum atomic E-state index is 12.5. The molecular formula is C15H10ClF3O2S. The number of carbonyl (C=O) groups excluding carboxylic acids is 1. The fourth-order valence-corrected chi connectivity index (χ4v) is 2.54. The van der Waals surface area contributed by atoms with Gasteiger partial charge in [-0.1, -0.05) is 0 Å². The predicted octanol–water partition coefficient (Wildman–Crippen LogP) is 5.60. The Hall–Kier alpha value is -1.66. The highest BCUT2D eigenvalue weighted by molar-refractivity contribution is 7.98. The zero-order chi connectivity index (χ0) is 16.3. The monoisotopic (exact) mass is 346 g/mol. The first-order chi connectivity index (χ1) is 10.3. The van der Waals surface area contributed by atoms with Crippen LogP contribution in [-0.2, 0) is 6.18 Å². The van der Waals surface area contributed by atoms with E-state index in [0.717, 1.165) is 12.1 Å². The van der Waals surface area contributed by atoms with Gasteiger partial charge in [0, 0.05) is 4.90 Å². The van der Waals surface area contributed by atoms with Gasteiger partial charge in [-0.2, -0.15) is 13.2 Å². The highest BCUT2D eigenvalue weighted by Crippen LogP contribution is 2.32. The van der Waals surface area contributed by atoms with Gasteiger partial charge >= 0.3 is 6.18 Å². The van der Waals surface area contributed by atoms with Crippen molar-refractivity contribution in [1.82, 2.24) is 0 Å². The molecule has 0 N–H and O–H groups in total. The molecule has 0 atom stereocenters. The Labute approximate surface area is 134 Å². The number of carbonyl (C=O) groups is 1. The maximum Gasteiger partial charge on any atom is 0.416 e. The van der Waals surface area contributed by atoms with Crippen molar-refractivity contribution in [2.75, 3.05) is 6.26 Å². The van der Waals surface area contributed by atoms with E-state index in [-0.39, 0.29) is 5.75 Å². The Morgan fingerprint density at radius 2 is 1.68 bits per heavy atom. The van der Waals surface area contributed by atoms with Crippen LogP contribution in [0.4, 0.5) is 13.2 Å². The second-order valence-corrected chi connectivity index (χ2v) is 5.45. The van der Waals surface area contributed by atoms with E-state index in [0.29, 0.717) is 16.2 Å². The number of ether oxygens (including phenoxy) is 1. The minimum atomic E-state index is -4.39. The van der Waals surface area contributed by atoms with Crippen molar-refractivity contribution in [1.29, 1.82) is 0 Å². The topological polar surface area (TPSA) is 26.3 Å². The first-order valence-corrected chi connectivity index (χ1v) is 7.64. The molecule has 0 aliphatic rings. The number of rotatable bonds is 4. The molecule has 7 heteroatoms. The third-order valence-electron chi connectivity index (χ3n) is 2.80. The van der Waals surface area contributed by atoms with E-state index in [1.54, 1.807) is 18.4 Å². The van der Waals surface area contributed by atoms with Crippen LogP contribution in [0.1, 0.15) is 15.9 Å². The fourth-order valence-electron chi connectivity index (χ4n) is 1.75. The third kappa shape index (κ3) is 3.96. The quantitative estimate of drug-likeness (QED) is 0.532. The summed E-state index contributed by atoms with van der Waals surface area (Å²) in [5.41, 5.74) is -0.465. The van der Waals surface area contributed by atoms with Gasteiger partial charge in [-0.25, -0.2) is 0 Å². The van der Waals surface area contributed by atoms with E-state index in [2.05, 4.69) is 0 Å². The molecule has 0 spiro atoms. The molecule has 0 amide bonds. The lowest BCUT2D eigenvalue weighted by molar-refractivity contribution is -0.137. The van der Waals surface area contributed by atoms with Crippen molar-refractivity contribution in [3.8, 4) is 11.5 Å². The Morgan fingerprint density at radius 1 is 1.09 bits per heavy atom. The average molecular weight is 347 g/mol. The molecule has 0 aliphatic carbocycles. The number of halogens is 4. The molecule has 2 aromatic rings. The molecular weight excluding hydrogens is 337 g/mol. The zero-order valence-corrected chi connectivity index (χ0v) is 12.9. The fraction of sp³-hybridized carbons (Fsp3) is 0.133. The second kappa shape index (κ2) is 6.62. The molecule has 2 rings (SSSR count).